The highest BCUT2D eigenvalue weighted by molar-refractivity contribution is 5.98. The number of halogens is 3. The second-order valence-electron chi connectivity index (χ2n) is 7.57. The van der Waals surface area contributed by atoms with Crippen molar-refractivity contribution in [1.29, 1.82) is 0 Å². The summed E-state index contributed by atoms with van der Waals surface area (Å²) in [5, 5.41) is 0. The van der Waals surface area contributed by atoms with Gasteiger partial charge in [0, 0.05) is 58.6 Å². The molecular formula is C21H24F3N7. The van der Waals surface area contributed by atoms with E-state index in [9.17, 15) is 13.2 Å². The summed E-state index contributed by atoms with van der Waals surface area (Å²) >= 11 is 0. The van der Waals surface area contributed by atoms with Gasteiger partial charge in [-0.2, -0.15) is 4.99 Å². The second kappa shape index (κ2) is 8.46. The van der Waals surface area contributed by atoms with Crippen molar-refractivity contribution in [1.82, 2.24) is 14.8 Å². The number of nitrogens with zero attached hydrogens (tertiary/aromatic N) is 6. The van der Waals surface area contributed by atoms with Crippen LogP contribution < -0.4 is 15.5 Å². The van der Waals surface area contributed by atoms with Crippen molar-refractivity contribution in [3.05, 3.63) is 65.9 Å². The van der Waals surface area contributed by atoms with Gasteiger partial charge >= 0.3 is 0 Å². The topological polar surface area (TPSA) is 64.2 Å². The van der Waals surface area contributed by atoms with Gasteiger partial charge in [0.05, 0.1) is 5.69 Å². The number of piperazine rings is 1. The molecule has 2 aliphatic heterocycles. The minimum atomic E-state index is -1.25. The highest BCUT2D eigenvalue weighted by Gasteiger charge is 2.33. The third kappa shape index (κ3) is 4.15. The minimum Gasteiger partial charge on any atom is -0.363 e. The first kappa shape index (κ1) is 21.0. The summed E-state index contributed by atoms with van der Waals surface area (Å²) in [6.45, 7) is 2.48. The molecule has 10 heteroatoms. The molecule has 4 rings (SSSR count). The summed E-state index contributed by atoms with van der Waals surface area (Å²) < 4.78 is 42.1. The highest BCUT2D eigenvalue weighted by Crippen LogP contribution is 2.29. The van der Waals surface area contributed by atoms with Crippen LogP contribution in [0.2, 0.25) is 0 Å². The molecule has 7 nitrogen and oxygen atoms in total. The zero-order valence-electron chi connectivity index (χ0n) is 17.3. The van der Waals surface area contributed by atoms with Crippen LogP contribution in [-0.4, -0.2) is 67.2 Å². The number of nitrogens with two attached hydrogens (primary N) is 1. The van der Waals surface area contributed by atoms with Crippen LogP contribution in [0.25, 0.3) is 0 Å². The van der Waals surface area contributed by atoms with Crippen LogP contribution in [0.4, 0.5) is 24.7 Å². The number of guanidine groups is 1. The van der Waals surface area contributed by atoms with Gasteiger partial charge in [-0.15, -0.1) is 0 Å². The monoisotopic (exact) mass is 431 g/mol. The van der Waals surface area contributed by atoms with Crippen molar-refractivity contribution >= 4 is 17.5 Å². The molecule has 1 fully saturated rings. The Hall–Kier alpha value is -3.27. The van der Waals surface area contributed by atoms with Crippen LogP contribution >= 0.6 is 0 Å². The van der Waals surface area contributed by atoms with Crippen LogP contribution in [0.3, 0.4) is 0 Å². The fraction of sp³-hybridized carbons (Fsp3) is 0.333. The smallest absolute Gasteiger partial charge is 0.209 e. The molecule has 1 aromatic carbocycles. The molecule has 2 aromatic rings. The number of aliphatic imine (C=N–C) groups is 1. The maximum absolute atomic E-state index is 14.6. The number of aromatic nitrogens is 1. The minimum absolute atomic E-state index is 0.161. The number of anilines is 2. The van der Waals surface area contributed by atoms with Crippen LogP contribution in [0.1, 0.15) is 0 Å². The molecule has 3 heterocycles. The average molecular weight is 431 g/mol. The van der Waals surface area contributed by atoms with E-state index in [0.717, 1.165) is 11.9 Å². The Balaban J connectivity index is 1.65. The Morgan fingerprint density at radius 2 is 1.65 bits per heavy atom. The van der Waals surface area contributed by atoms with Crippen molar-refractivity contribution in [2.24, 2.45) is 10.7 Å². The molecule has 0 spiro atoms. The first-order chi connectivity index (χ1) is 14.8. The summed E-state index contributed by atoms with van der Waals surface area (Å²) in [4.78, 5) is 16.4. The van der Waals surface area contributed by atoms with Gasteiger partial charge in [-0.05, 0) is 18.2 Å². The van der Waals surface area contributed by atoms with Gasteiger partial charge in [-0.1, -0.05) is 6.07 Å². The number of pyridine rings is 1. The Bertz CT molecular complexity index is 1000. The van der Waals surface area contributed by atoms with E-state index in [-0.39, 0.29) is 5.69 Å². The van der Waals surface area contributed by atoms with E-state index < -0.39 is 23.6 Å². The maximum Gasteiger partial charge on any atom is 0.209 e. The lowest BCUT2D eigenvalue weighted by Gasteiger charge is -2.43. The molecule has 0 radical (unpaired) electrons. The highest BCUT2D eigenvalue weighted by atomic mass is 19.2. The van der Waals surface area contributed by atoms with Gasteiger partial charge in [-0.25, -0.2) is 18.2 Å². The molecule has 0 amide bonds. The molecule has 0 saturated carbocycles. The molecule has 0 bridgehead atoms. The normalized spacial score (nSPS) is 19.3. The lowest BCUT2D eigenvalue weighted by molar-refractivity contribution is 0.369. The molecule has 2 N–H and O–H groups in total. The molecule has 1 saturated heterocycles. The van der Waals surface area contributed by atoms with Crippen LogP contribution in [0.15, 0.2) is 53.4 Å². The van der Waals surface area contributed by atoms with E-state index in [4.69, 9.17) is 5.73 Å². The standard InChI is InChI=1S/C21H24F3N7/c1-28(2)20-13-18(25)31(17-12-15(23)14(22)11-16(17)24)21(27-20)30-9-7-29(8-10-30)19-5-3-4-6-26-19/h3-6,11-13,18H,7-10,25H2,1-2H3. The van der Waals surface area contributed by atoms with E-state index in [0.29, 0.717) is 44.0 Å². The van der Waals surface area contributed by atoms with Crippen LogP contribution in [-0.2, 0) is 0 Å². The van der Waals surface area contributed by atoms with E-state index in [1.807, 2.05) is 37.2 Å². The fourth-order valence-corrected chi connectivity index (χ4v) is 3.67. The van der Waals surface area contributed by atoms with Gasteiger partial charge in [0.2, 0.25) is 5.96 Å². The molecule has 164 valence electrons. The summed E-state index contributed by atoms with van der Waals surface area (Å²) in [7, 11) is 3.65. The largest absolute Gasteiger partial charge is 0.363 e. The van der Waals surface area contributed by atoms with Gasteiger partial charge in [0.1, 0.15) is 23.6 Å². The molecule has 1 unspecified atom stereocenters. The van der Waals surface area contributed by atoms with Gasteiger partial charge in [0.15, 0.2) is 11.6 Å². The van der Waals surface area contributed by atoms with Crippen molar-refractivity contribution in [3.8, 4) is 0 Å². The molecule has 1 aromatic heterocycles. The van der Waals surface area contributed by atoms with Crippen molar-refractivity contribution in [3.63, 3.8) is 0 Å². The Kier molecular flexibility index (Phi) is 5.73. The lowest BCUT2D eigenvalue weighted by atomic mass is 10.2. The van der Waals surface area contributed by atoms with Gasteiger partial charge < -0.3 is 20.4 Å². The quantitative estimate of drug-likeness (QED) is 0.752. The first-order valence-electron chi connectivity index (χ1n) is 9.93. The number of benzene rings is 1. The summed E-state index contributed by atoms with van der Waals surface area (Å²) in [6.07, 6.45) is 2.58. The number of hydrogen-bond donors (Lipinski definition) is 1. The Labute approximate surface area is 178 Å². The molecule has 31 heavy (non-hydrogen) atoms. The van der Waals surface area contributed by atoms with Crippen molar-refractivity contribution < 1.29 is 13.2 Å². The zero-order valence-corrected chi connectivity index (χ0v) is 17.3. The summed E-state index contributed by atoms with van der Waals surface area (Å²) in [5.41, 5.74) is 6.16. The van der Waals surface area contributed by atoms with Gasteiger partial charge in [-0.3, -0.25) is 4.90 Å². The summed E-state index contributed by atoms with van der Waals surface area (Å²) in [5.74, 6) is -1.43. The van der Waals surface area contributed by atoms with Crippen molar-refractivity contribution in [2.45, 2.75) is 6.17 Å². The maximum atomic E-state index is 14.6. The average Bonchev–Trinajstić information content (AvgIpc) is 2.77. The van der Waals surface area contributed by atoms with Crippen LogP contribution in [0, 0.1) is 17.5 Å². The fourth-order valence-electron chi connectivity index (χ4n) is 3.67. The van der Waals surface area contributed by atoms with E-state index >= 15 is 0 Å². The SMILES string of the molecule is CN(C)C1=CC(N)N(c2cc(F)c(F)cc2F)C(N2CCN(c3ccccn3)CC2)=N1. The zero-order chi connectivity index (χ0) is 22.1. The second-order valence-corrected chi connectivity index (χ2v) is 7.57. The van der Waals surface area contributed by atoms with Crippen molar-refractivity contribution in [2.75, 3.05) is 50.1 Å². The molecular weight excluding hydrogens is 407 g/mol. The third-order valence-corrected chi connectivity index (χ3v) is 5.29. The molecule has 0 aliphatic carbocycles. The van der Waals surface area contributed by atoms with E-state index in [1.54, 1.807) is 17.2 Å². The van der Waals surface area contributed by atoms with Crippen LogP contribution in [0.5, 0.6) is 0 Å². The Morgan fingerprint density at radius 1 is 0.968 bits per heavy atom. The first-order valence-corrected chi connectivity index (χ1v) is 9.93. The Morgan fingerprint density at radius 3 is 2.29 bits per heavy atom. The molecule has 1 atom stereocenters. The summed E-state index contributed by atoms with van der Waals surface area (Å²) in [6, 6.07) is 7.08. The lowest BCUT2D eigenvalue weighted by Crippen LogP contribution is -2.59. The third-order valence-electron chi connectivity index (χ3n) is 5.29. The van der Waals surface area contributed by atoms with Gasteiger partial charge in [0.25, 0.3) is 0 Å². The number of hydrogen-bond acceptors (Lipinski definition) is 7. The molecule has 2 aliphatic rings. The predicted octanol–water partition coefficient (Wildman–Crippen LogP) is 2.18. The van der Waals surface area contributed by atoms with E-state index in [1.165, 1.54) is 4.90 Å². The van der Waals surface area contributed by atoms with E-state index in [2.05, 4.69) is 14.9 Å². The number of rotatable bonds is 3. The predicted molar refractivity (Wildman–Crippen MR) is 114 cm³/mol.